The van der Waals surface area contributed by atoms with E-state index in [1.807, 2.05) is 18.7 Å². The first-order valence-corrected chi connectivity index (χ1v) is 7.61. The highest BCUT2D eigenvalue weighted by Crippen LogP contribution is 2.24. The molecule has 0 N–H and O–H groups in total. The van der Waals surface area contributed by atoms with Crippen LogP contribution in [-0.4, -0.2) is 39.4 Å². The molecule has 4 nitrogen and oxygen atoms in total. The normalized spacial score (nSPS) is 17.4. The summed E-state index contributed by atoms with van der Waals surface area (Å²) in [5.74, 6) is 1.58. The maximum atomic E-state index is 12.4. The SMILES string of the molecule is CC(C)c1nnsc1C(=O)N1CCC(CCl)CC1. The van der Waals surface area contributed by atoms with E-state index in [0.29, 0.717) is 16.7 Å². The number of rotatable bonds is 3. The Balaban J connectivity index is 2.06. The van der Waals surface area contributed by atoms with Crippen LogP contribution >= 0.6 is 23.1 Å². The van der Waals surface area contributed by atoms with Crippen LogP contribution in [0.25, 0.3) is 0 Å². The molecule has 0 spiro atoms. The van der Waals surface area contributed by atoms with Crippen LogP contribution in [0.15, 0.2) is 0 Å². The van der Waals surface area contributed by atoms with E-state index in [-0.39, 0.29) is 11.8 Å². The molecule has 0 saturated carbocycles. The molecule has 0 aromatic carbocycles. The van der Waals surface area contributed by atoms with Crippen molar-refractivity contribution in [2.24, 2.45) is 5.92 Å². The lowest BCUT2D eigenvalue weighted by Gasteiger charge is -2.30. The van der Waals surface area contributed by atoms with E-state index in [9.17, 15) is 4.79 Å². The molecule has 0 unspecified atom stereocenters. The maximum absolute atomic E-state index is 12.4. The molecule has 2 heterocycles. The van der Waals surface area contributed by atoms with E-state index in [0.717, 1.165) is 31.6 Å². The lowest BCUT2D eigenvalue weighted by atomic mass is 9.98. The minimum absolute atomic E-state index is 0.0849. The molecule has 1 aliphatic rings. The third-order valence-corrected chi connectivity index (χ3v) is 4.54. The Hall–Kier alpha value is -0.680. The zero-order valence-corrected chi connectivity index (χ0v) is 12.3. The number of likely N-dealkylation sites (tertiary alicyclic amines) is 1. The van der Waals surface area contributed by atoms with Gasteiger partial charge < -0.3 is 4.90 Å². The van der Waals surface area contributed by atoms with Crippen LogP contribution in [0.3, 0.4) is 0 Å². The number of hydrogen-bond acceptors (Lipinski definition) is 4. The van der Waals surface area contributed by atoms with Crippen LogP contribution in [0.2, 0.25) is 0 Å². The molecule has 1 amide bonds. The quantitative estimate of drug-likeness (QED) is 0.803. The smallest absolute Gasteiger partial charge is 0.267 e. The second-order valence-corrected chi connectivity index (χ2v) is 6.09. The van der Waals surface area contributed by atoms with Crippen LogP contribution in [0.5, 0.6) is 0 Å². The first kappa shape index (κ1) is 13.7. The summed E-state index contributed by atoms with van der Waals surface area (Å²) < 4.78 is 3.91. The molecule has 1 aliphatic heterocycles. The number of amides is 1. The van der Waals surface area contributed by atoms with Gasteiger partial charge in [-0.05, 0) is 36.2 Å². The Morgan fingerprint density at radius 2 is 2.17 bits per heavy atom. The molecule has 1 saturated heterocycles. The molecule has 1 fully saturated rings. The number of carbonyl (C=O) groups is 1. The number of piperidine rings is 1. The van der Waals surface area contributed by atoms with Crippen LogP contribution < -0.4 is 0 Å². The van der Waals surface area contributed by atoms with Gasteiger partial charge in [0.25, 0.3) is 5.91 Å². The molecule has 2 rings (SSSR count). The van der Waals surface area contributed by atoms with Gasteiger partial charge in [-0.1, -0.05) is 18.3 Å². The summed E-state index contributed by atoms with van der Waals surface area (Å²) in [5.41, 5.74) is 0.824. The molecule has 1 aromatic heterocycles. The van der Waals surface area contributed by atoms with Gasteiger partial charge in [0.2, 0.25) is 0 Å². The number of carbonyl (C=O) groups excluding carboxylic acids is 1. The largest absolute Gasteiger partial charge is 0.338 e. The van der Waals surface area contributed by atoms with Crippen LogP contribution in [0.4, 0.5) is 0 Å². The minimum Gasteiger partial charge on any atom is -0.338 e. The van der Waals surface area contributed by atoms with Crippen molar-refractivity contribution in [1.29, 1.82) is 0 Å². The van der Waals surface area contributed by atoms with Crippen molar-refractivity contribution >= 4 is 29.0 Å². The lowest BCUT2D eigenvalue weighted by molar-refractivity contribution is 0.0701. The van der Waals surface area contributed by atoms with Crippen molar-refractivity contribution in [2.75, 3.05) is 19.0 Å². The van der Waals surface area contributed by atoms with E-state index in [2.05, 4.69) is 9.59 Å². The Morgan fingerprint density at radius 1 is 1.50 bits per heavy atom. The van der Waals surface area contributed by atoms with Gasteiger partial charge >= 0.3 is 0 Å². The van der Waals surface area contributed by atoms with E-state index in [1.165, 1.54) is 11.5 Å². The Kier molecular flexibility index (Phi) is 4.56. The number of nitrogens with zero attached hydrogens (tertiary/aromatic N) is 3. The topological polar surface area (TPSA) is 46.1 Å². The molecule has 6 heteroatoms. The van der Waals surface area contributed by atoms with Gasteiger partial charge in [0.1, 0.15) is 4.88 Å². The fourth-order valence-electron chi connectivity index (χ4n) is 2.16. The second-order valence-electron chi connectivity index (χ2n) is 5.03. The molecule has 0 atom stereocenters. The van der Waals surface area contributed by atoms with Gasteiger partial charge in [-0.2, -0.15) is 0 Å². The summed E-state index contributed by atoms with van der Waals surface area (Å²) in [6, 6.07) is 0. The Morgan fingerprint density at radius 3 is 2.72 bits per heavy atom. The Labute approximate surface area is 116 Å². The first-order chi connectivity index (χ1) is 8.63. The van der Waals surface area contributed by atoms with Gasteiger partial charge in [0, 0.05) is 19.0 Å². The summed E-state index contributed by atoms with van der Waals surface area (Å²) >= 11 is 7.06. The molecule has 0 radical (unpaired) electrons. The van der Waals surface area contributed by atoms with Crippen molar-refractivity contribution in [2.45, 2.75) is 32.6 Å². The van der Waals surface area contributed by atoms with E-state index in [1.54, 1.807) is 0 Å². The highest BCUT2D eigenvalue weighted by atomic mass is 35.5. The summed E-state index contributed by atoms with van der Waals surface area (Å²) in [4.78, 5) is 15.0. The van der Waals surface area contributed by atoms with Crippen LogP contribution in [0.1, 0.15) is 48.0 Å². The van der Waals surface area contributed by atoms with Crippen molar-refractivity contribution in [1.82, 2.24) is 14.5 Å². The summed E-state index contributed by atoms with van der Waals surface area (Å²) in [6.07, 6.45) is 2.00. The van der Waals surface area contributed by atoms with Gasteiger partial charge in [0.15, 0.2) is 0 Å². The Bertz CT molecular complexity index is 413. The number of alkyl halides is 1. The van der Waals surface area contributed by atoms with Crippen molar-refractivity contribution in [3.05, 3.63) is 10.6 Å². The standard InChI is InChI=1S/C12H18ClN3OS/c1-8(2)10-11(18-15-14-10)12(17)16-5-3-9(7-13)4-6-16/h8-9H,3-7H2,1-2H3. The summed E-state index contributed by atoms with van der Waals surface area (Å²) in [7, 11) is 0. The van der Waals surface area contributed by atoms with Gasteiger partial charge in [0.05, 0.1) is 5.69 Å². The predicted octanol–water partition coefficient (Wildman–Crippen LogP) is 2.75. The first-order valence-electron chi connectivity index (χ1n) is 6.31. The second kappa shape index (κ2) is 5.97. The monoisotopic (exact) mass is 287 g/mol. The third-order valence-electron chi connectivity index (χ3n) is 3.37. The van der Waals surface area contributed by atoms with Gasteiger partial charge in [-0.3, -0.25) is 4.79 Å². The summed E-state index contributed by atoms with van der Waals surface area (Å²) in [5, 5.41) is 4.06. The number of aromatic nitrogens is 2. The van der Waals surface area contributed by atoms with E-state index >= 15 is 0 Å². The molecule has 0 bridgehead atoms. The lowest BCUT2D eigenvalue weighted by Crippen LogP contribution is -2.38. The highest BCUT2D eigenvalue weighted by molar-refractivity contribution is 7.08. The number of hydrogen-bond donors (Lipinski definition) is 0. The fraction of sp³-hybridized carbons (Fsp3) is 0.750. The molecule has 1 aromatic rings. The average Bonchev–Trinajstić information content (AvgIpc) is 2.87. The zero-order chi connectivity index (χ0) is 13.1. The van der Waals surface area contributed by atoms with Crippen molar-refractivity contribution in [3.63, 3.8) is 0 Å². The highest BCUT2D eigenvalue weighted by Gasteiger charge is 2.27. The van der Waals surface area contributed by atoms with Gasteiger partial charge in [-0.15, -0.1) is 16.7 Å². The van der Waals surface area contributed by atoms with Crippen molar-refractivity contribution < 1.29 is 4.79 Å². The van der Waals surface area contributed by atoms with Crippen LogP contribution in [-0.2, 0) is 0 Å². The molecule has 0 aliphatic carbocycles. The summed E-state index contributed by atoms with van der Waals surface area (Å²) in [6.45, 7) is 5.66. The van der Waals surface area contributed by atoms with Crippen molar-refractivity contribution in [3.8, 4) is 0 Å². The minimum atomic E-state index is 0.0849. The fourth-order valence-corrected chi connectivity index (χ4v) is 3.25. The van der Waals surface area contributed by atoms with E-state index in [4.69, 9.17) is 11.6 Å². The zero-order valence-electron chi connectivity index (χ0n) is 10.7. The molecular weight excluding hydrogens is 270 g/mol. The molecular formula is C12H18ClN3OS. The molecule has 18 heavy (non-hydrogen) atoms. The average molecular weight is 288 g/mol. The number of halogens is 1. The maximum Gasteiger partial charge on any atom is 0.267 e. The van der Waals surface area contributed by atoms with Crippen LogP contribution in [0, 0.1) is 5.92 Å². The van der Waals surface area contributed by atoms with E-state index < -0.39 is 0 Å². The predicted molar refractivity (Wildman–Crippen MR) is 73.3 cm³/mol. The third kappa shape index (κ3) is 2.83. The van der Waals surface area contributed by atoms with Gasteiger partial charge in [-0.25, -0.2) is 0 Å². The molecule has 100 valence electrons.